The second kappa shape index (κ2) is 34.2. The number of fused-ring (bicyclic) bond motifs is 2. The Labute approximate surface area is 566 Å². The Kier molecular flexibility index (Phi) is 25.9. The third-order valence-corrected chi connectivity index (χ3v) is 23.5. The number of likely N-dealkylation sites (tertiary alicyclic amines) is 3. The molecule has 0 aromatic heterocycles. The van der Waals surface area contributed by atoms with E-state index in [4.69, 9.17) is 48.7 Å². The Bertz CT molecular complexity index is 3280. The summed E-state index contributed by atoms with van der Waals surface area (Å²) in [6.45, 7) is 24.1. The largest absolute Gasteiger partial charge is 0.484 e. The number of nitriles is 1. The van der Waals surface area contributed by atoms with E-state index < -0.39 is 19.9 Å². The van der Waals surface area contributed by atoms with Crippen LogP contribution in [-0.2, 0) is 47.0 Å². The number of rotatable bonds is 31. The third-order valence-electron chi connectivity index (χ3n) is 19.6. The van der Waals surface area contributed by atoms with Gasteiger partial charge in [0, 0.05) is 93.9 Å². The number of hydrogen-bond acceptors (Lipinski definition) is 16. The van der Waals surface area contributed by atoms with Gasteiger partial charge in [-0.15, -0.1) is 0 Å². The van der Waals surface area contributed by atoms with Crippen molar-refractivity contribution in [3.8, 4) is 17.6 Å². The summed E-state index contributed by atoms with van der Waals surface area (Å²) in [4.78, 5) is 38.6. The molecule has 4 N–H and O–H groups in total. The number of sulfonamides is 1. The lowest BCUT2D eigenvalue weighted by molar-refractivity contribution is -0.119. The normalized spacial score (nSPS) is 22.7. The molecule has 4 aliphatic heterocycles. The number of halogens is 2. The topological polar surface area (TPSA) is 229 Å². The van der Waals surface area contributed by atoms with Crippen LogP contribution in [0.3, 0.4) is 0 Å². The van der Waals surface area contributed by atoms with Crippen LogP contribution in [0.25, 0.3) is 4.85 Å². The number of piperidine rings is 3. The van der Waals surface area contributed by atoms with Crippen molar-refractivity contribution in [2.24, 2.45) is 11.8 Å². The molecule has 0 spiro atoms. The van der Waals surface area contributed by atoms with E-state index in [0.717, 1.165) is 126 Å². The molecule has 4 heterocycles. The number of ether oxygens (including phenoxy) is 4. The molecule has 0 bridgehead atoms. The minimum Gasteiger partial charge on any atom is -0.484 e. The molecule has 24 heteroatoms. The molecule has 2 aliphatic carbocycles. The summed E-state index contributed by atoms with van der Waals surface area (Å²) < 4.78 is 82.3. The van der Waals surface area contributed by atoms with E-state index in [0.29, 0.717) is 136 Å². The van der Waals surface area contributed by atoms with E-state index in [1.807, 2.05) is 12.1 Å². The fraction of sp³-hybridized carbons (Fsp3) is 0.600. The molecule has 4 aromatic rings. The molecule has 4 aromatic carbocycles. The first kappa shape index (κ1) is 71.3. The Morgan fingerprint density at radius 1 is 0.681 bits per heavy atom. The van der Waals surface area contributed by atoms with Crippen molar-refractivity contribution in [3.05, 3.63) is 122 Å². The number of amides is 2. The van der Waals surface area contributed by atoms with Crippen LogP contribution >= 0.6 is 23.2 Å². The molecular formula is C70H94Cl2N10O10S2. The smallest absolute Gasteiger partial charge is 0.314 e. The van der Waals surface area contributed by atoms with Crippen molar-refractivity contribution in [1.29, 1.82) is 5.26 Å². The van der Waals surface area contributed by atoms with E-state index in [1.165, 1.54) is 6.42 Å². The van der Waals surface area contributed by atoms with Crippen molar-refractivity contribution in [2.75, 3.05) is 117 Å². The highest BCUT2D eigenvalue weighted by atomic mass is 35.5. The number of ketones is 1. The van der Waals surface area contributed by atoms with Gasteiger partial charge in [-0.05, 0) is 217 Å². The van der Waals surface area contributed by atoms with Crippen LogP contribution in [0.15, 0.2) is 82.6 Å². The van der Waals surface area contributed by atoms with Crippen LogP contribution in [-0.4, -0.2) is 190 Å². The van der Waals surface area contributed by atoms with Gasteiger partial charge < -0.3 is 44.7 Å². The summed E-state index contributed by atoms with van der Waals surface area (Å²) in [5.74, 6) is 2.07. The number of carbonyl (C=O) groups is 2. The average molecular weight is 1370 g/mol. The lowest BCUT2D eigenvalue weighted by atomic mass is 9.97. The molecule has 2 amide bonds. The van der Waals surface area contributed by atoms with Gasteiger partial charge in [-0.2, -0.15) is 5.26 Å². The highest BCUT2D eigenvalue weighted by Gasteiger charge is 2.43. The van der Waals surface area contributed by atoms with Gasteiger partial charge in [-0.25, -0.2) is 31.2 Å². The number of nitrogens with one attached hydrogen (secondary N) is 4. The van der Waals surface area contributed by atoms with Gasteiger partial charge in [0.25, 0.3) is 0 Å². The van der Waals surface area contributed by atoms with Gasteiger partial charge in [0.15, 0.2) is 15.5 Å². The van der Waals surface area contributed by atoms with Crippen molar-refractivity contribution in [3.63, 3.8) is 0 Å². The zero-order valence-corrected chi connectivity index (χ0v) is 57.7. The molecule has 4 fully saturated rings. The third kappa shape index (κ3) is 19.7. The molecule has 94 heavy (non-hydrogen) atoms. The first-order chi connectivity index (χ1) is 45.4. The quantitative estimate of drug-likeness (QED) is 0.0271. The molecule has 10 rings (SSSR count). The molecule has 4 saturated heterocycles. The second-order valence-corrected chi connectivity index (χ2v) is 31.2. The Morgan fingerprint density at radius 3 is 1.93 bits per heavy atom. The molecule has 6 aliphatic rings. The maximum absolute atomic E-state index is 13.6. The second-order valence-electron chi connectivity index (χ2n) is 26.6. The number of sulfone groups is 1. The first-order valence-electron chi connectivity index (χ1n) is 34.0. The highest BCUT2D eigenvalue weighted by Crippen LogP contribution is 2.46. The van der Waals surface area contributed by atoms with Gasteiger partial charge >= 0.3 is 6.03 Å². The van der Waals surface area contributed by atoms with Crippen LogP contribution < -0.4 is 30.1 Å². The molecular weight excluding hydrogens is 1280 g/mol. The lowest BCUT2D eigenvalue weighted by Crippen LogP contribution is -2.54. The average Bonchev–Trinajstić information content (AvgIpc) is 1.62. The molecule has 6 atom stereocenters. The van der Waals surface area contributed by atoms with E-state index in [1.54, 1.807) is 60.7 Å². The summed E-state index contributed by atoms with van der Waals surface area (Å²) in [6, 6.07) is 22.9. The summed E-state index contributed by atoms with van der Waals surface area (Å²) in [6.07, 6.45) is 9.93. The van der Waals surface area contributed by atoms with Gasteiger partial charge in [0.2, 0.25) is 10.0 Å². The number of benzene rings is 4. The summed E-state index contributed by atoms with van der Waals surface area (Å²) in [5, 5.41) is 20.1. The molecule has 20 nitrogen and oxygen atoms in total. The lowest BCUT2D eigenvalue weighted by Gasteiger charge is -2.38. The van der Waals surface area contributed by atoms with Crippen molar-refractivity contribution in [1.82, 2.24) is 40.3 Å². The van der Waals surface area contributed by atoms with E-state index in [-0.39, 0.29) is 63.6 Å². The van der Waals surface area contributed by atoms with Crippen LogP contribution in [0.2, 0.25) is 10.0 Å². The van der Waals surface area contributed by atoms with E-state index in [9.17, 15) is 31.7 Å². The van der Waals surface area contributed by atoms with Crippen molar-refractivity contribution < 1.29 is 45.4 Å². The van der Waals surface area contributed by atoms with Gasteiger partial charge in [0.1, 0.15) is 29.5 Å². The molecule has 510 valence electrons. The number of Topliss-reactive ketones (excluding diaryl/α,β-unsaturated/α-hetero) is 1. The van der Waals surface area contributed by atoms with Gasteiger partial charge in [0.05, 0.1) is 65.7 Å². The molecule has 0 radical (unpaired) electrons. The maximum atomic E-state index is 13.6. The predicted octanol–water partition coefficient (Wildman–Crippen LogP) is 9.70. The standard InChI is InChI=1S/C70H94Cl2N10O10S2/c1-49-9-7-27-81(46-49)67-44-62-64(41-54(72)42-65(62)74-3)69(67)92-58-14-18-60(19-15-58)94(87,88)78-55-22-30-80(31-23-55)34-38-90-36-26-77-70(84)76-24-6-4-5-10-56(83)11-8-35-89-37-33-79-28-20-51(21-29-79)48-93(85,86)59-16-12-57(13-17-59)91-68-63-40-53(71)39-52(45-73)61(63)43-66(68)82-32-25-75-50(2)47-82/h12-19,39-42,49-51,55,66-69,75,78H,4-11,20-38,43-44,46-48H2,1-2H3,(H2,76,77,84)/t49-,50+,66-,67-,68-,69-/m0/s1. The van der Waals surface area contributed by atoms with Crippen molar-refractivity contribution >= 4 is 60.6 Å². The Balaban J connectivity index is 0.514. The number of hydrogen-bond donors (Lipinski definition) is 4. The molecule has 0 unspecified atom stereocenters. The Hall–Kier alpha value is -5.44. The predicted molar refractivity (Wildman–Crippen MR) is 364 cm³/mol. The van der Waals surface area contributed by atoms with Gasteiger partial charge in [-0.3, -0.25) is 14.6 Å². The summed E-state index contributed by atoms with van der Waals surface area (Å²) in [5.41, 5.74) is 4.89. The fourth-order valence-corrected chi connectivity index (χ4v) is 17.9. The van der Waals surface area contributed by atoms with Crippen molar-refractivity contribution in [2.45, 2.75) is 150 Å². The van der Waals surface area contributed by atoms with Crippen LogP contribution in [0, 0.1) is 29.7 Å². The monoisotopic (exact) mass is 1370 g/mol. The SMILES string of the molecule is [C-]#[N+]c1cc(Cl)cc2c1C[C@H](N1CCC[C@H](C)C1)[C@H]2Oc1ccc(S(=O)(=O)NC2CCN(CCOCCNC(=O)NCCCCCC(=O)CCCOCCN3CCC(CS(=O)(=O)c4ccc(O[C@H]5c6cc(Cl)cc(C#N)c6C[C@@H]5N5CCN[C@H](C)C5)cc4)CC3)CC2)cc1. The number of unbranched alkanes of at least 4 members (excludes halogenated alkanes) is 2. The number of urea groups is 1. The summed E-state index contributed by atoms with van der Waals surface area (Å²) >= 11 is 13.0. The molecule has 0 saturated carbocycles. The summed E-state index contributed by atoms with van der Waals surface area (Å²) in [7, 11) is -7.29. The fourth-order valence-electron chi connectivity index (χ4n) is 14.5. The Morgan fingerprint density at radius 2 is 1.28 bits per heavy atom. The first-order valence-corrected chi connectivity index (χ1v) is 37.9. The van der Waals surface area contributed by atoms with Crippen LogP contribution in [0.5, 0.6) is 11.5 Å². The van der Waals surface area contributed by atoms with Crippen LogP contribution in [0.1, 0.15) is 131 Å². The maximum Gasteiger partial charge on any atom is 0.314 e. The van der Waals surface area contributed by atoms with Crippen LogP contribution in [0.4, 0.5) is 10.5 Å². The zero-order valence-electron chi connectivity index (χ0n) is 54.5. The number of nitrogens with zero attached hydrogens (tertiary/aromatic N) is 6. The number of piperazine rings is 1. The van der Waals surface area contributed by atoms with E-state index in [2.05, 4.69) is 65.0 Å². The minimum atomic E-state index is -3.77. The van der Waals surface area contributed by atoms with E-state index >= 15 is 0 Å². The highest BCUT2D eigenvalue weighted by molar-refractivity contribution is 7.91. The number of carbonyl (C=O) groups excluding carboxylic acids is 2. The minimum absolute atomic E-state index is 0.0130. The van der Waals surface area contributed by atoms with Gasteiger partial charge in [-0.1, -0.05) is 36.5 Å². The zero-order chi connectivity index (χ0) is 66.2.